The molecule has 0 unspecified atom stereocenters. The molecule has 4 nitrogen and oxygen atoms in total. The van der Waals surface area contributed by atoms with E-state index in [1.54, 1.807) is 6.07 Å². The number of aryl methyl sites for hydroxylation is 1. The van der Waals surface area contributed by atoms with E-state index in [4.69, 9.17) is 5.84 Å². The summed E-state index contributed by atoms with van der Waals surface area (Å²) in [6, 6.07) is 15.0. The summed E-state index contributed by atoms with van der Waals surface area (Å²) in [5.74, 6) is 6.35. The maximum Gasteiger partial charge on any atom is 0.280 e. The van der Waals surface area contributed by atoms with Gasteiger partial charge in [0.15, 0.2) is 5.82 Å². The lowest BCUT2D eigenvalue weighted by Gasteiger charge is -2.09. The van der Waals surface area contributed by atoms with Crippen molar-refractivity contribution < 1.29 is 0 Å². The number of hydrogen-bond donors (Lipinski definition) is 1. The fourth-order valence-corrected chi connectivity index (χ4v) is 2.16. The Balaban J connectivity index is 2.42. The first kappa shape index (κ1) is 11.5. The average molecular weight is 251 g/mol. The number of nitrogens with zero attached hydrogens (tertiary/aromatic N) is 2. The summed E-state index contributed by atoms with van der Waals surface area (Å²) in [6.45, 7) is 1.93. The molecule has 0 aliphatic rings. The first-order valence-electron chi connectivity index (χ1n) is 6.01. The molecule has 1 aromatic heterocycles. The van der Waals surface area contributed by atoms with E-state index in [0.29, 0.717) is 16.7 Å². The molecule has 0 radical (unpaired) electrons. The standard InChI is InChI=1S/C15H13N3O/c1-10-6-5-9-12-13(10)17-14(18(16)15(12)19)11-7-3-2-4-8-11/h2-9H,16H2,1H3. The first-order chi connectivity index (χ1) is 9.18. The second-order valence-electron chi connectivity index (χ2n) is 4.45. The van der Waals surface area contributed by atoms with Crippen LogP contribution in [0.5, 0.6) is 0 Å². The molecule has 0 fully saturated rings. The van der Waals surface area contributed by atoms with Gasteiger partial charge in [0.1, 0.15) is 0 Å². The third-order valence-electron chi connectivity index (χ3n) is 3.16. The van der Waals surface area contributed by atoms with Crippen molar-refractivity contribution in [3.8, 4) is 11.4 Å². The molecule has 3 rings (SSSR count). The molecule has 2 N–H and O–H groups in total. The maximum absolute atomic E-state index is 12.3. The molecule has 2 aromatic carbocycles. The lowest BCUT2D eigenvalue weighted by Crippen LogP contribution is -2.30. The van der Waals surface area contributed by atoms with Crippen LogP contribution in [0.25, 0.3) is 22.3 Å². The number of para-hydroxylation sites is 1. The van der Waals surface area contributed by atoms with Gasteiger partial charge in [-0.25, -0.2) is 9.66 Å². The third kappa shape index (κ3) is 1.78. The van der Waals surface area contributed by atoms with Gasteiger partial charge in [-0.3, -0.25) is 4.79 Å². The molecule has 0 bridgehead atoms. The van der Waals surface area contributed by atoms with Crippen molar-refractivity contribution in [2.45, 2.75) is 6.92 Å². The third-order valence-corrected chi connectivity index (χ3v) is 3.16. The van der Waals surface area contributed by atoms with Crippen LogP contribution in [0.15, 0.2) is 53.3 Å². The Hall–Kier alpha value is -2.62. The molecule has 19 heavy (non-hydrogen) atoms. The topological polar surface area (TPSA) is 60.9 Å². The normalized spacial score (nSPS) is 10.8. The Labute approximate surface area is 110 Å². The zero-order valence-electron chi connectivity index (χ0n) is 10.5. The molecule has 0 atom stereocenters. The van der Waals surface area contributed by atoms with Gasteiger partial charge in [-0.2, -0.15) is 0 Å². The first-order valence-corrected chi connectivity index (χ1v) is 6.01. The van der Waals surface area contributed by atoms with Crippen molar-refractivity contribution >= 4 is 10.9 Å². The van der Waals surface area contributed by atoms with Crippen LogP contribution in [0.1, 0.15) is 5.56 Å². The van der Waals surface area contributed by atoms with Gasteiger partial charge in [-0.1, -0.05) is 42.5 Å². The smallest absolute Gasteiger partial charge is 0.280 e. The molecule has 0 saturated heterocycles. The van der Waals surface area contributed by atoms with Gasteiger partial charge < -0.3 is 5.84 Å². The Kier molecular flexibility index (Phi) is 2.56. The van der Waals surface area contributed by atoms with E-state index in [2.05, 4.69) is 4.98 Å². The minimum atomic E-state index is -0.229. The Morgan fingerprint density at radius 1 is 1.05 bits per heavy atom. The lowest BCUT2D eigenvalue weighted by molar-refractivity contribution is 0.926. The van der Waals surface area contributed by atoms with Gasteiger partial charge in [-0.15, -0.1) is 0 Å². The zero-order valence-corrected chi connectivity index (χ0v) is 10.5. The summed E-state index contributed by atoms with van der Waals surface area (Å²) in [7, 11) is 0. The maximum atomic E-state index is 12.3. The van der Waals surface area contributed by atoms with Crippen LogP contribution in [0.2, 0.25) is 0 Å². The van der Waals surface area contributed by atoms with Crippen LogP contribution >= 0.6 is 0 Å². The SMILES string of the molecule is Cc1cccc2c(=O)n(N)c(-c3ccccc3)nc12. The summed E-state index contributed by atoms with van der Waals surface area (Å²) >= 11 is 0. The highest BCUT2D eigenvalue weighted by Gasteiger charge is 2.11. The van der Waals surface area contributed by atoms with Crippen LogP contribution in [-0.4, -0.2) is 9.66 Å². The number of nitrogens with two attached hydrogens (primary N) is 1. The second kappa shape index (κ2) is 4.24. The number of benzene rings is 2. The highest BCUT2D eigenvalue weighted by molar-refractivity contribution is 5.82. The van der Waals surface area contributed by atoms with E-state index >= 15 is 0 Å². The number of rotatable bonds is 1. The van der Waals surface area contributed by atoms with E-state index in [-0.39, 0.29) is 5.56 Å². The largest absolute Gasteiger partial charge is 0.334 e. The van der Waals surface area contributed by atoms with Gasteiger partial charge in [0.2, 0.25) is 0 Å². The molecule has 3 aromatic rings. The molecule has 0 spiro atoms. The van der Waals surface area contributed by atoms with Crippen LogP contribution in [0.4, 0.5) is 0 Å². The minimum absolute atomic E-state index is 0.229. The Morgan fingerprint density at radius 2 is 1.79 bits per heavy atom. The van der Waals surface area contributed by atoms with Crippen LogP contribution < -0.4 is 11.4 Å². The highest BCUT2D eigenvalue weighted by Crippen LogP contribution is 2.18. The summed E-state index contributed by atoms with van der Waals surface area (Å²) < 4.78 is 1.11. The molecule has 94 valence electrons. The highest BCUT2D eigenvalue weighted by atomic mass is 16.1. The average Bonchev–Trinajstić information content (AvgIpc) is 2.44. The second-order valence-corrected chi connectivity index (χ2v) is 4.45. The minimum Gasteiger partial charge on any atom is -0.334 e. The fraction of sp³-hybridized carbons (Fsp3) is 0.0667. The van der Waals surface area contributed by atoms with E-state index in [1.807, 2.05) is 49.4 Å². The summed E-state index contributed by atoms with van der Waals surface area (Å²) in [5.41, 5.74) is 2.26. The molecule has 0 amide bonds. The predicted octanol–water partition coefficient (Wildman–Crippen LogP) is 2.09. The van der Waals surface area contributed by atoms with Gasteiger partial charge in [0, 0.05) is 5.56 Å². The molecular weight excluding hydrogens is 238 g/mol. The number of hydrogen-bond acceptors (Lipinski definition) is 3. The summed E-state index contributed by atoms with van der Waals surface area (Å²) in [6.07, 6.45) is 0. The van der Waals surface area contributed by atoms with E-state index in [0.717, 1.165) is 15.8 Å². The molecule has 1 heterocycles. The van der Waals surface area contributed by atoms with Crippen molar-refractivity contribution in [2.75, 3.05) is 5.84 Å². The van der Waals surface area contributed by atoms with Crippen molar-refractivity contribution in [2.24, 2.45) is 0 Å². The molecular formula is C15H13N3O. The quantitative estimate of drug-likeness (QED) is 0.674. The fourth-order valence-electron chi connectivity index (χ4n) is 2.16. The van der Waals surface area contributed by atoms with Gasteiger partial charge >= 0.3 is 0 Å². The van der Waals surface area contributed by atoms with Crippen molar-refractivity contribution in [3.05, 3.63) is 64.4 Å². The van der Waals surface area contributed by atoms with E-state index in [9.17, 15) is 4.79 Å². The number of aromatic nitrogens is 2. The van der Waals surface area contributed by atoms with Crippen LogP contribution in [0.3, 0.4) is 0 Å². The van der Waals surface area contributed by atoms with Gasteiger partial charge in [0.05, 0.1) is 10.9 Å². The molecule has 0 aliphatic heterocycles. The molecule has 0 saturated carbocycles. The number of fused-ring (bicyclic) bond motifs is 1. The molecule has 0 aliphatic carbocycles. The van der Waals surface area contributed by atoms with Crippen LogP contribution in [0, 0.1) is 6.92 Å². The Bertz CT molecular complexity index is 807. The number of nitrogen functional groups attached to an aromatic ring is 1. The van der Waals surface area contributed by atoms with Crippen molar-refractivity contribution in [1.82, 2.24) is 9.66 Å². The molecule has 4 heteroatoms. The summed E-state index contributed by atoms with van der Waals surface area (Å²) in [4.78, 5) is 16.8. The van der Waals surface area contributed by atoms with Crippen molar-refractivity contribution in [3.63, 3.8) is 0 Å². The zero-order chi connectivity index (χ0) is 13.4. The monoisotopic (exact) mass is 251 g/mol. The predicted molar refractivity (Wildman–Crippen MR) is 76.3 cm³/mol. The van der Waals surface area contributed by atoms with E-state index < -0.39 is 0 Å². The summed E-state index contributed by atoms with van der Waals surface area (Å²) in [5, 5.41) is 0.544. The van der Waals surface area contributed by atoms with E-state index in [1.165, 1.54) is 0 Å². The van der Waals surface area contributed by atoms with Gasteiger partial charge in [-0.05, 0) is 18.6 Å². The Morgan fingerprint density at radius 3 is 2.53 bits per heavy atom. The van der Waals surface area contributed by atoms with Gasteiger partial charge in [0.25, 0.3) is 5.56 Å². The lowest BCUT2D eigenvalue weighted by atomic mass is 10.1. The van der Waals surface area contributed by atoms with Crippen molar-refractivity contribution in [1.29, 1.82) is 0 Å². The van der Waals surface area contributed by atoms with Crippen LogP contribution in [-0.2, 0) is 0 Å².